The number of amides is 1. The van der Waals surface area contributed by atoms with E-state index in [1.54, 1.807) is 0 Å². The van der Waals surface area contributed by atoms with Crippen LogP contribution in [-0.2, 0) is 14.3 Å². The summed E-state index contributed by atoms with van der Waals surface area (Å²) in [4.78, 5) is 10.6. The first-order valence-electron chi connectivity index (χ1n) is 2.76. The van der Waals surface area contributed by atoms with Crippen LogP contribution in [0.1, 0.15) is 6.42 Å². The number of nitrogens with two attached hydrogens (primary N) is 1. The average Bonchev–Trinajstić information content (AvgIpc) is 2.40. The topological polar surface area (TPSA) is 73.6 Å². The summed E-state index contributed by atoms with van der Waals surface area (Å²) in [5.74, 6) is 5.04. The molecule has 5 heteroatoms. The molecule has 1 heterocycles. The van der Waals surface area contributed by atoms with E-state index < -0.39 is 0 Å². The van der Waals surface area contributed by atoms with Gasteiger partial charge in [0, 0.05) is 0 Å². The lowest BCUT2D eigenvalue weighted by molar-refractivity contribution is -0.121. The molecule has 0 saturated carbocycles. The summed E-state index contributed by atoms with van der Waals surface area (Å²) in [6.45, 7) is 0.188. The molecular formula is C5H8N2O3. The van der Waals surface area contributed by atoms with Gasteiger partial charge in [-0.2, -0.15) is 0 Å². The van der Waals surface area contributed by atoms with Crippen LogP contribution >= 0.6 is 0 Å². The quantitative estimate of drug-likeness (QED) is 0.302. The van der Waals surface area contributed by atoms with E-state index in [0.717, 1.165) is 0 Å². The Morgan fingerprint density at radius 3 is 3.20 bits per heavy atom. The Kier molecular flexibility index (Phi) is 2.11. The normalized spacial score (nSPS) is 15.1. The van der Waals surface area contributed by atoms with Gasteiger partial charge in [0.1, 0.15) is 12.0 Å². The van der Waals surface area contributed by atoms with E-state index in [1.165, 1.54) is 6.26 Å². The number of hydrazine groups is 1. The maximum Gasteiger partial charge on any atom is 0.241 e. The summed E-state index contributed by atoms with van der Waals surface area (Å²) in [6.07, 6.45) is 1.53. The Bertz CT molecular complexity index is 166. The monoisotopic (exact) mass is 144 g/mol. The predicted octanol–water partition coefficient (Wildman–Crippen LogP) is -0.788. The Balaban J connectivity index is 2.30. The minimum Gasteiger partial charge on any atom is -0.462 e. The van der Waals surface area contributed by atoms with Crippen LogP contribution < -0.4 is 11.3 Å². The van der Waals surface area contributed by atoms with E-state index in [1.807, 2.05) is 5.43 Å². The Hall–Kier alpha value is -1.23. The summed E-state index contributed by atoms with van der Waals surface area (Å²) in [5.41, 5.74) is 1.98. The summed E-state index contributed by atoms with van der Waals surface area (Å²) in [5, 5.41) is 0. The van der Waals surface area contributed by atoms with Crippen molar-refractivity contribution >= 4 is 5.91 Å². The molecule has 0 saturated heterocycles. The lowest BCUT2D eigenvalue weighted by Gasteiger charge is -1.98. The van der Waals surface area contributed by atoms with Gasteiger partial charge in [-0.15, -0.1) is 0 Å². The zero-order chi connectivity index (χ0) is 7.40. The van der Waals surface area contributed by atoms with Crippen molar-refractivity contribution in [2.45, 2.75) is 6.42 Å². The van der Waals surface area contributed by atoms with Gasteiger partial charge in [-0.25, -0.2) is 5.84 Å². The lowest BCUT2D eigenvalue weighted by Crippen LogP contribution is -2.30. The van der Waals surface area contributed by atoms with Gasteiger partial charge in [0.05, 0.1) is 6.42 Å². The van der Waals surface area contributed by atoms with E-state index in [-0.39, 0.29) is 19.1 Å². The Labute approximate surface area is 57.8 Å². The van der Waals surface area contributed by atoms with Gasteiger partial charge in [0.2, 0.25) is 12.7 Å². The van der Waals surface area contributed by atoms with Gasteiger partial charge in [-0.3, -0.25) is 10.2 Å². The molecule has 0 unspecified atom stereocenters. The average molecular weight is 144 g/mol. The van der Waals surface area contributed by atoms with Crippen molar-refractivity contribution in [3.05, 3.63) is 12.0 Å². The Morgan fingerprint density at radius 1 is 1.90 bits per heavy atom. The van der Waals surface area contributed by atoms with Crippen LogP contribution in [0.5, 0.6) is 0 Å². The van der Waals surface area contributed by atoms with Gasteiger partial charge in [-0.05, 0) is 0 Å². The van der Waals surface area contributed by atoms with Crippen LogP contribution in [-0.4, -0.2) is 12.7 Å². The molecule has 0 fully saturated rings. The molecular weight excluding hydrogens is 136 g/mol. The van der Waals surface area contributed by atoms with E-state index in [2.05, 4.69) is 0 Å². The number of carbonyl (C=O) groups is 1. The van der Waals surface area contributed by atoms with E-state index >= 15 is 0 Å². The largest absolute Gasteiger partial charge is 0.462 e. The number of nitrogens with one attached hydrogen (secondary N) is 1. The van der Waals surface area contributed by atoms with Gasteiger partial charge >= 0.3 is 0 Å². The minimum absolute atomic E-state index is 0.135. The van der Waals surface area contributed by atoms with Crippen molar-refractivity contribution in [2.75, 3.05) is 6.79 Å². The van der Waals surface area contributed by atoms with Crippen molar-refractivity contribution < 1.29 is 14.3 Å². The fourth-order valence-electron chi connectivity index (χ4n) is 0.573. The highest BCUT2D eigenvalue weighted by Crippen LogP contribution is 2.09. The van der Waals surface area contributed by atoms with Crippen LogP contribution in [0, 0.1) is 0 Å². The summed E-state index contributed by atoms with van der Waals surface area (Å²) in [7, 11) is 0. The fraction of sp³-hybridized carbons (Fsp3) is 0.400. The number of carbonyl (C=O) groups excluding carboxylic acids is 1. The van der Waals surface area contributed by atoms with Gasteiger partial charge < -0.3 is 9.47 Å². The third-order valence-electron chi connectivity index (χ3n) is 1.02. The molecule has 5 nitrogen and oxygen atoms in total. The molecule has 0 radical (unpaired) electrons. The highest BCUT2D eigenvalue weighted by atomic mass is 16.7. The molecule has 1 aliphatic heterocycles. The molecule has 10 heavy (non-hydrogen) atoms. The third kappa shape index (κ3) is 1.63. The van der Waals surface area contributed by atoms with Gasteiger partial charge in [0.15, 0.2) is 0 Å². The van der Waals surface area contributed by atoms with Crippen molar-refractivity contribution in [1.82, 2.24) is 5.43 Å². The molecule has 1 aliphatic rings. The lowest BCUT2D eigenvalue weighted by atomic mass is 10.4. The highest BCUT2D eigenvalue weighted by molar-refractivity contribution is 5.77. The SMILES string of the molecule is NNC(=O)CC1=COCO1. The second-order valence-electron chi connectivity index (χ2n) is 1.76. The van der Waals surface area contributed by atoms with Crippen molar-refractivity contribution in [2.24, 2.45) is 5.84 Å². The van der Waals surface area contributed by atoms with Crippen LogP contribution in [0.4, 0.5) is 0 Å². The molecule has 56 valence electrons. The first-order chi connectivity index (χ1) is 4.83. The van der Waals surface area contributed by atoms with Crippen LogP contribution in [0.3, 0.4) is 0 Å². The van der Waals surface area contributed by atoms with Crippen LogP contribution in [0.15, 0.2) is 12.0 Å². The van der Waals surface area contributed by atoms with E-state index in [0.29, 0.717) is 5.76 Å². The van der Waals surface area contributed by atoms with E-state index in [9.17, 15) is 4.79 Å². The first kappa shape index (κ1) is 6.88. The summed E-state index contributed by atoms with van der Waals surface area (Å²) >= 11 is 0. The zero-order valence-electron chi connectivity index (χ0n) is 5.29. The molecule has 0 aromatic rings. The number of ether oxygens (including phenoxy) is 2. The molecule has 0 spiro atoms. The molecule has 0 atom stereocenters. The molecule has 0 aromatic heterocycles. The first-order valence-corrected chi connectivity index (χ1v) is 2.76. The van der Waals surface area contributed by atoms with Crippen molar-refractivity contribution in [3.63, 3.8) is 0 Å². The summed E-state index contributed by atoms with van der Waals surface area (Å²) < 4.78 is 9.55. The van der Waals surface area contributed by atoms with E-state index in [4.69, 9.17) is 15.3 Å². The second kappa shape index (κ2) is 3.07. The molecule has 3 N–H and O–H groups in total. The Morgan fingerprint density at radius 2 is 2.70 bits per heavy atom. The summed E-state index contributed by atoms with van der Waals surface area (Å²) in [6, 6.07) is 0. The standard InChI is InChI=1S/C5H8N2O3/c6-7-5(8)1-4-2-9-3-10-4/h2H,1,3,6H2,(H,7,8). The maximum absolute atomic E-state index is 10.6. The molecule has 0 aliphatic carbocycles. The minimum atomic E-state index is -0.295. The molecule has 1 amide bonds. The van der Waals surface area contributed by atoms with Gasteiger partial charge in [0.25, 0.3) is 0 Å². The number of rotatable bonds is 2. The maximum atomic E-state index is 10.6. The molecule has 0 aromatic carbocycles. The third-order valence-corrected chi connectivity index (χ3v) is 1.02. The fourth-order valence-corrected chi connectivity index (χ4v) is 0.573. The molecule has 1 rings (SSSR count). The number of hydrogen-bond acceptors (Lipinski definition) is 4. The van der Waals surface area contributed by atoms with Crippen LogP contribution in [0.25, 0.3) is 0 Å². The smallest absolute Gasteiger partial charge is 0.241 e. The van der Waals surface area contributed by atoms with Crippen LogP contribution in [0.2, 0.25) is 0 Å². The molecule has 0 bridgehead atoms. The van der Waals surface area contributed by atoms with Crippen molar-refractivity contribution in [1.29, 1.82) is 0 Å². The highest BCUT2D eigenvalue weighted by Gasteiger charge is 2.09. The second-order valence-corrected chi connectivity index (χ2v) is 1.76. The number of hydrogen-bond donors (Lipinski definition) is 2. The zero-order valence-corrected chi connectivity index (χ0v) is 5.29. The predicted molar refractivity (Wildman–Crippen MR) is 32.1 cm³/mol. The van der Waals surface area contributed by atoms with Crippen molar-refractivity contribution in [3.8, 4) is 0 Å². The van der Waals surface area contributed by atoms with Gasteiger partial charge in [-0.1, -0.05) is 0 Å².